The molecule has 2 aliphatic rings. The molecule has 2 saturated carbocycles. The average Bonchev–Trinajstić information content (AvgIpc) is 2.71. The van der Waals surface area contributed by atoms with Gasteiger partial charge in [-0.2, -0.15) is 0 Å². The maximum Gasteiger partial charge on any atom is 1.00 e. The van der Waals surface area contributed by atoms with Gasteiger partial charge in [-0.05, 0) is 51.4 Å². The largest absolute Gasteiger partial charge is 1.00 e. The Kier molecular flexibility index (Phi) is 24.5. The van der Waals surface area contributed by atoms with Gasteiger partial charge in [0.25, 0.3) is 0 Å². The van der Waals surface area contributed by atoms with Crippen molar-refractivity contribution in [1.29, 1.82) is 0 Å². The minimum Gasteiger partial charge on any atom is -0.747 e. The molecular weight excluding hydrogens is 517 g/mol. The number of carboxylic acids is 2. The molecule has 0 aliphatic heterocycles. The van der Waals surface area contributed by atoms with Crippen LogP contribution in [0.25, 0.3) is 0 Å². The second-order valence-corrected chi connectivity index (χ2v) is 9.16. The van der Waals surface area contributed by atoms with Crippen molar-refractivity contribution in [2.45, 2.75) is 88.1 Å². The van der Waals surface area contributed by atoms with Crippen LogP contribution < -0.4 is 98.9 Å². The Morgan fingerprint density at radius 1 is 0.743 bits per heavy atom. The maximum absolute atomic E-state index is 11.6. The van der Waals surface area contributed by atoms with E-state index in [-0.39, 0.29) is 101 Å². The Labute approximate surface area is 271 Å². The van der Waals surface area contributed by atoms with Crippen LogP contribution in [0.5, 0.6) is 0 Å². The molecule has 0 aromatic rings. The smallest absolute Gasteiger partial charge is 0.747 e. The Morgan fingerprint density at radius 2 is 1.09 bits per heavy atom. The zero-order valence-electron chi connectivity index (χ0n) is 20.6. The molecular formula is C20H27Na3O11S. The van der Waals surface area contributed by atoms with E-state index in [1.54, 1.807) is 0 Å². The fraction of sp³-hybridized carbons (Fsp3) is 0.700. The van der Waals surface area contributed by atoms with Crippen LogP contribution >= 0.6 is 0 Å². The zero-order chi connectivity index (χ0) is 24.1. The third-order valence-electron chi connectivity index (χ3n) is 4.99. The Balaban J connectivity index is -0.000000601. The van der Waals surface area contributed by atoms with Crippen molar-refractivity contribution >= 4 is 34.0 Å². The van der Waals surface area contributed by atoms with E-state index in [4.69, 9.17) is 9.47 Å². The van der Waals surface area contributed by atoms with Gasteiger partial charge in [-0.25, -0.2) is 18.0 Å². The standard InChI is InChI=1S/C16H24O4.C4H6O7S.3Na/c17-15(19-13-7-3-1-4-8-13)11-12-16(18)20-14-9-5-2-6-10-14;5-3(6)1-2(4(7)8)12(9,10)11;;;/h11-14H,1-10H2;2H,1H2,(H,5,6)(H,7,8)(H,9,10,11);;;/q;;3*+1/p-3/b12-11-;;;;. The van der Waals surface area contributed by atoms with Crippen molar-refractivity contribution in [2.75, 3.05) is 0 Å². The Hall–Kier alpha value is 0.530. The summed E-state index contributed by atoms with van der Waals surface area (Å²) in [7, 11) is -5.19. The molecule has 182 valence electrons. The van der Waals surface area contributed by atoms with Gasteiger partial charge < -0.3 is 33.8 Å². The Morgan fingerprint density at radius 3 is 1.31 bits per heavy atom. The zero-order valence-corrected chi connectivity index (χ0v) is 27.4. The van der Waals surface area contributed by atoms with Gasteiger partial charge in [0.15, 0.2) is 0 Å². The molecule has 0 N–H and O–H groups in total. The van der Waals surface area contributed by atoms with Crippen molar-refractivity contribution < 1.29 is 141 Å². The summed E-state index contributed by atoms with van der Waals surface area (Å²) in [6.07, 6.45) is 11.7. The van der Waals surface area contributed by atoms with E-state index in [1.165, 1.54) is 25.0 Å². The first-order valence-electron chi connectivity index (χ1n) is 10.4. The second kappa shape index (κ2) is 21.5. The van der Waals surface area contributed by atoms with Gasteiger partial charge in [0.2, 0.25) is 0 Å². The number of aliphatic carboxylic acids is 2. The molecule has 0 spiro atoms. The summed E-state index contributed by atoms with van der Waals surface area (Å²) in [5.41, 5.74) is 0. The number of hydrogen-bond acceptors (Lipinski definition) is 11. The fourth-order valence-electron chi connectivity index (χ4n) is 3.36. The van der Waals surface area contributed by atoms with Crippen molar-refractivity contribution in [2.24, 2.45) is 0 Å². The molecule has 35 heavy (non-hydrogen) atoms. The number of rotatable bonds is 8. The molecule has 0 aromatic carbocycles. The van der Waals surface area contributed by atoms with E-state index >= 15 is 0 Å². The van der Waals surface area contributed by atoms with Crippen molar-refractivity contribution in [3.8, 4) is 0 Å². The second-order valence-electron chi connectivity index (χ2n) is 7.60. The van der Waals surface area contributed by atoms with Crippen LogP contribution in [0, 0.1) is 0 Å². The van der Waals surface area contributed by atoms with E-state index in [9.17, 15) is 42.4 Å². The van der Waals surface area contributed by atoms with Crippen LogP contribution in [0.4, 0.5) is 0 Å². The van der Waals surface area contributed by atoms with Gasteiger partial charge in [0, 0.05) is 24.5 Å². The van der Waals surface area contributed by atoms with E-state index in [2.05, 4.69) is 0 Å². The molecule has 15 heteroatoms. The van der Waals surface area contributed by atoms with E-state index in [1.807, 2.05) is 0 Å². The number of esters is 2. The van der Waals surface area contributed by atoms with Gasteiger partial charge in [-0.15, -0.1) is 0 Å². The van der Waals surface area contributed by atoms with E-state index in [0.717, 1.165) is 51.4 Å². The number of hydrogen-bond donors (Lipinski definition) is 0. The first-order chi connectivity index (χ1) is 15.0. The summed E-state index contributed by atoms with van der Waals surface area (Å²) in [6.45, 7) is 0. The van der Waals surface area contributed by atoms with Crippen LogP contribution in [0.1, 0.15) is 70.6 Å². The van der Waals surface area contributed by atoms with Gasteiger partial charge in [0.1, 0.15) is 22.3 Å². The van der Waals surface area contributed by atoms with Gasteiger partial charge in [-0.3, -0.25) is 0 Å². The number of carbonyl (C=O) groups excluding carboxylic acids is 4. The normalized spacial score (nSPS) is 17.2. The van der Waals surface area contributed by atoms with Crippen LogP contribution in [0.2, 0.25) is 0 Å². The summed E-state index contributed by atoms with van der Waals surface area (Å²) in [5.74, 6) is -5.05. The third-order valence-corrected chi connectivity index (χ3v) is 6.04. The first-order valence-corrected chi connectivity index (χ1v) is 11.9. The SMILES string of the molecule is O=C(/C=C\C(=O)OC1CCCCC1)OC1CCCCC1.O=C([O-])CC(C(=O)[O-])S(=O)(=O)[O-].[Na+].[Na+].[Na+]. The van der Waals surface area contributed by atoms with E-state index < -0.39 is 45.7 Å². The molecule has 0 aromatic heterocycles. The van der Waals surface area contributed by atoms with Crippen LogP contribution in [0.15, 0.2) is 12.2 Å². The predicted octanol–water partition coefficient (Wildman–Crippen LogP) is -9.90. The quantitative estimate of drug-likeness (QED) is 0.122. The molecule has 0 amide bonds. The summed E-state index contributed by atoms with van der Waals surface area (Å²) < 4.78 is 40.7. The van der Waals surface area contributed by atoms with Crippen molar-refractivity contribution in [3.05, 3.63) is 12.2 Å². The molecule has 11 nitrogen and oxygen atoms in total. The van der Waals surface area contributed by atoms with Gasteiger partial charge in [-0.1, -0.05) is 12.8 Å². The average molecular weight is 544 g/mol. The summed E-state index contributed by atoms with van der Waals surface area (Å²) in [4.78, 5) is 42.8. The monoisotopic (exact) mass is 544 g/mol. The molecule has 1 unspecified atom stereocenters. The van der Waals surface area contributed by atoms with Crippen LogP contribution in [0.3, 0.4) is 0 Å². The summed E-state index contributed by atoms with van der Waals surface area (Å²) in [6, 6.07) is 0. The predicted molar refractivity (Wildman–Crippen MR) is 103 cm³/mol. The Bertz CT molecular complexity index is 756. The molecule has 2 rings (SSSR count). The minimum absolute atomic E-state index is 0. The third kappa shape index (κ3) is 19.3. The molecule has 0 bridgehead atoms. The van der Waals surface area contributed by atoms with E-state index in [0.29, 0.717) is 0 Å². The summed E-state index contributed by atoms with van der Waals surface area (Å²) >= 11 is 0. The number of carbonyl (C=O) groups is 4. The molecule has 2 aliphatic carbocycles. The molecule has 0 saturated heterocycles. The maximum atomic E-state index is 11.6. The number of ether oxygens (including phenoxy) is 2. The summed E-state index contributed by atoms with van der Waals surface area (Å²) in [5, 5.41) is 17.1. The van der Waals surface area contributed by atoms with Crippen LogP contribution in [-0.4, -0.2) is 54.3 Å². The molecule has 0 radical (unpaired) electrons. The van der Waals surface area contributed by atoms with Crippen molar-refractivity contribution in [3.63, 3.8) is 0 Å². The topological polar surface area (TPSA) is 190 Å². The van der Waals surface area contributed by atoms with Gasteiger partial charge >= 0.3 is 101 Å². The number of carboxylic acid groups (broad SMARTS) is 2. The van der Waals surface area contributed by atoms with Crippen molar-refractivity contribution in [1.82, 2.24) is 0 Å². The van der Waals surface area contributed by atoms with Gasteiger partial charge in [0.05, 0.1) is 11.2 Å². The minimum atomic E-state index is -5.19. The molecule has 2 fully saturated rings. The van der Waals surface area contributed by atoms with Crippen LogP contribution in [-0.2, 0) is 38.8 Å². The first kappa shape index (κ1) is 40.0. The fourth-order valence-corrected chi connectivity index (χ4v) is 3.94. The molecule has 1 atom stereocenters. The molecule has 0 heterocycles.